The van der Waals surface area contributed by atoms with Crippen molar-refractivity contribution in [2.45, 2.75) is 19.8 Å². The van der Waals surface area contributed by atoms with Crippen LogP contribution in [0.4, 0.5) is 0 Å². The molecule has 0 aromatic heterocycles. The minimum absolute atomic E-state index is 0.355. The van der Waals surface area contributed by atoms with Crippen LogP contribution in [0.1, 0.15) is 19.8 Å². The Morgan fingerprint density at radius 3 is 2.82 bits per heavy atom. The molecule has 0 saturated heterocycles. The number of rotatable bonds is 2. The molecule has 2 nitrogen and oxygen atoms in total. The molecule has 0 spiro atoms. The van der Waals surface area contributed by atoms with E-state index >= 15 is 0 Å². The molecule has 1 atom stereocenters. The molecule has 11 heavy (non-hydrogen) atoms. The quantitative estimate of drug-likeness (QED) is 0.657. The monoisotopic (exact) mass is 152 g/mol. The molecule has 0 amide bonds. The van der Waals surface area contributed by atoms with Crippen molar-refractivity contribution in [3.8, 4) is 0 Å². The summed E-state index contributed by atoms with van der Waals surface area (Å²) in [6.07, 6.45) is 7.94. The fourth-order valence-corrected chi connectivity index (χ4v) is 1.10. The highest BCUT2D eigenvalue weighted by atomic mass is 16.4. The van der Waals surface area contributed by atoms with Gasteiger partial charge in [0.2, 0.25) is 0 Å². The summed E-state index contributed by atoms with van der Waals surface area (Å²) in [7, 11) is 0. The van der Waals surface area contributed by atoms with Crippen LogP contribution in [0.2, 0.25) is 0 Å². The lowest BCUT2D eigenvalue weighted by atomic mass is 9.96. The molecule has 0 saturated carbocycles. The molecule has 2 heteroatoms. The minimum atomic E-state index is -0.747. The molecule has 0 bridgehead atoms. The van der Waals surface area contributed by atoms with Gasteiger partial charge in [-0.2, -0.15) is 0 Å². The van der Waals surface area contributed by atoms with Gasteiger partial charge in [-0.1, -0.05) is 18.2 Å². The summed E-state index contributed by atoms with van der Waals surface area (Å²) in [6, 6.07) is 0. The second-order valence-corrected chi connectivity index (χ2v) is 2.74. The van der Waals surface area contributed by atoms with E-state index in [0.717, 1.165) is 18.4 Å². The van der Waals surface area contributed by atoms with E-state index in [1.807, 2.05) is 18.2 Å². The number of carboxylic acids is 1. The van der Waals surface area contributed by atoms with Crippen LogP contribution in [0.15, 0.2) is 23.8 Å². The molecule has 0 heterocycles. The van der Waals surface area contributed by atoms with Gasteiger partial charge in [-0.05, 0) is 25.3 Å². The molecular weight excluding hydrogens is 140 g/mol. The van der Waals surface area contributed by atoms with Gasteiger partial charge in [0, 0.05) is 0 Å². The molecule has 1 aliphatic rings. The van der Waals surface area contributed by atoms with Crippen molar-refractivity contribution in [3.05, 3.63) is 23.8 Å². The highest BCUT2D eigenvalue weighted by Gasteiger charge is 2.14. The van der Waals surface area contributed by atoms with E-state index < -0.39 is 5.97 Å². The van der Waals surface area contributed by atoms with E-state index in [0.29, 0.717) is 0 Å². The van der Waals surface area contributed by atoms with Crippen molar-refractivity contribution in [1.82, 2.24) is 0 Å². The molecule has 1 unspecified atom stereocenters. The van der Waals surface area contributed by atoms with Gasteiger partial charge in [0.25, 0.3) is 0 Å². The average Bonchev–Trinajstić information content (AvgIpc) is 2.05. The predicted octanol–water partition coefficient (Wildman–Crippen LogP) is 1.98. The minimum Gasteiger partial charge on any atom is -0.481 e. The SMILES string of the molecule is CC(C(=O)O)C1=CCCC=C1. The lowest BCUT2D eigenvalue weighted by molar-refractivity contribution is -0.139. The third-order valence-electron chi connectivity index (χ3n) is 1.89. The van der Waals surface area contributed by atoms with Gasteiger partial charge in [0.1, 0.15) is 0 Å². The smallest absolute Gasteiger partial charge is 0.310 e. The predicted molar refractivity (Wildman–Crippen MR) is 43.3 cm³/mol. The zero-order chi connectivity index (χ0) is 8.27. The first-order valence-corrected chi connectivity index (χ1v) is 3.81. The van der Waals surface area contributed by atoms with Crippen molar-refractivity contribution in [2.24, 2.45) is 5.92 Å². The first kappa shape index (κ1) is 8.05. The summed E-state index contributed by atoms with van der Waals surface area (Å²) >= 11 is 0. The van der Waals surface area contributed by atoms with E-state index in [4.69, 9.17) is 5.11 Å². The third-order valence-corrected chi connectivity index (χ3v) is 1.89. The molecule has 0 radical (unpaired) electrons. The van der Waals surface area contributed by atoms with Crippen LogP contribution in [0.25, 0.3) is 0 Å². The van der Waals surface area contributed by atoms with Crippen molar-refractivity contribution < 1.29 is 9.90 Å². The highest BCUT2D eigenvalue weighted by Crippen LogP contribution is 2.17. The maximum Gasteiger partial charge on any atom is 0.310 e. The van der Waals surface area contributed by atoms with E-state index in [1.165, 1.54) is 0 Å². The molecular formula is C9H12O2. The van der Waals surface area contributed by atoms with Gasteiger partial charge in [-0.25, -0.2) is 0 Å². The Bertz CT molecular complexity index is 214. The Morgan fingerprint density at radius 1 is 1.64 bits per heavy atom. The second kappa shape index (κ2) is 3.37. The van der Waals surface area contributed by atoms with Gasteiger partial charge in [-0.15, -0.1) is 0 Å². The number of hydrogen-bond donors (Lipinski definition) is 1. The average molecular weight is 152 g/mol. The van der Waals surface area contributed by atoms with E-state index in [2.05, 4.69) is 0 Å². The first-order valence-electron chi connectivity index (χ1n) is 3.81. The van der Waals surface area contributed by atoms with Gasteiger partial charge in [-0.3, -0.25) is 4.79 Å². The van der Waals surface area contributed by atoms with Crippen molar-refractivity contribution in [3.63, 3.8) is 0 Å². The number of hydrogen-bond acceptors (Lipinski definition) is 1. The molecule has 0 fully saturated rings. The zero-order valence-electron chi connectivity index (χ0n) is 6.58. The standard InChI is InChI=1S/C9H12O2/c1-7(9(10)11)8-5-3-2-4-6-8/h3,5-7H,2,4H2,1H3,(H,10,11). The Morgan fingerprint density at radius 2 is 2.36 bits per heavy atom. The molecule has 60 valence electrons. The summed E-state index contributed by atoms with van der Waals surface area (Å²) in [6.45, 7) is 1.71. The maximum absolute atomic E-state index is 10.5. The Balaban J connectivity index is 2.66. The largest absolute Gasteiger partial charge is 0.481 e. The first-order chi connectivity index (χ1) is 5.22. The number of carbonyl (C=O) groups is 1. The second-order valence-electron chi connectivity index (χ2n) is 2.74. The van der Waals surface area contributed by atoms with E-state index in [-0.39, 0.29) is 5.92 Å². The zero-order valence-corrected chi connectivity index (χ0v) is 6.58. The molecule has 0 aromatic rings. The van der Waals surface area contributed by atoms with E-state index in [9.17, 15) is 4.79 Å². The van der Waals surface area contributed by atoms with Crippen LogP contribution >= 0.6 is 0 Å². The lowest BCUT2D eigenvalue weighted by Gasteiger charge is -2.10. The maximum atomic E-state index is 10.5. The normalized spacial score (nSPS) is 19.2. The van der Waals surface area contributed by atoms with Crippen LogP contribution in [0, 0.1) is 5.92 Å². The topological polar surface area (TPSA) is 37.3 Å². The van der Waals surface area contributed by atoms with Crippen LogP contribution < -0.4 is 0 Å². The van der Waals surface area contributed by atoms with Gasteiger partial charge < -0.3 is 5.11 Å². The van der Waals surface area contributed by atoms with Crippen molar-refractivity contribution in [1.29, 1.82) is 0 Å². The van der Waals surface area contributed by atoms with Crippen molar-refractivity contribution in [2.75, 3.05) is 0 Å². The number of carboxylic acid groups (broad SMARTS) is 1. The number of aliphatic carboxylic acids is 1. The fourth-order valence-electron chi connectivity index (χ4n) is 1.10. The van der Waals surface area contributed by atoms with Crippen molar-refractivity contribution >= 4 is 5.97 Å². The van der Waals surface area contributed by atoms with Gasteiger partial charge >= 0.3 is 5.97 Å². The summed E-state index contributed by atoms with van der Waals surface area (Å²) < 4.78 is 0. The molecule has 0 aromatic carbocycles. The lowest BCUT2D eigenvalue weighted by Crippen LogP contribution is -2.11. The van der Waals surface area contributed by atoms with Crippen LogP contribution in [0.5, 0.6) is 0 Å². The summed E-state index contributed by atoms with van der Waals surface area (Å²) in [5, 5.41) is 8.66. The summed E-state index contributed by atoms with van der Waals surface area (Å²) in [5.41, 5.74) is 0.934. The fraction of sp³-hybridized carbons (Fsp3) is 0.444. The summed E-state index contributed by atoms with van der Waals surface area (Å²) in [5.74, 6) is -1.10. The van der Waals surface area contributed by atoms with Crippen LogP contribution in [0.3, 0.4) is 0 Å². The molecule has 1 N–H and O–H groups in total. The third kappa shape index (κ3) is 1.93. The molecule has 1 aliphatic carbocycles. The Labute approximate surface area is 66.2 Å². The Kier molecular flexibility index (Phi) is 2.47. The Hall–Kier alpha value is -1.05. The van der Waals surface area contributed by atoms with Crippen LogP contribution in [-0.4, -0.2) is 11.1 Å². The molecule has 1 rings (SSSR count). The van der Waals surface area contributed by atoms with Gasteiger partial charge in [0.15, 0.2) is 0 Å². The van der Waals surface area contributed by atoms with Crippen LogP contribution in [-0.2, 0) is 4.79 Å². The highest BCUT2D eigenvalue weighted by molar-refractivity contribution is 5.74. The molecule has 0 aliphatic heterocycles. The van der Waals surface area contributed by atoms with E-state index in [1.54, 1.807) is 6.92 Å². The summed E-state index contributed by atoms with van der Waals surface area (Å²) in [4.78, 5) is 10.5. The number of allylic oxidation sites excluding steroid dienone is 3. The van der Waals surface area contributed by atoms with Gasteiger partial charge in [0.05, 0.1) is 5.92 Å².